The average Bonchev–Trinajstić information content (AvgIpc) is 3.25. The zero-order chi connectivity index (χ0) is 14.9. The Labute approximate surface area is 132 Å². The lowest BCUT2D eigenvalue weighted by atomic mass is 10.1. The summed E-state index contributed by atoms with van der Waals surface area (Å²) in [7, 11) is 0. The van der Waals surface area contributed by atoms with E-state index >= 15 is 0 Å². The molecule has 5 nitrogen and oxygen atoms in total. The van der Waals surface area contributed by atoms with Crippen LogP contribution in [0.1, 0.15) is 17.8 Å². The van der Waals surface area contributed by atoms with Gasteiger partial charge in [-0.3, -0.25) is 4.79 Å². The molecule has 0 unspecified atom stereocenters. The van der Waals surface area contributed by atoms with Crippen LogP contribution in [0.5, 0.6) is 11.5 Å². The molecule has 3 heterocycles. The van der Waals surface area contributed by atoms with E-state index in [0.29, 0.717) is 6.42 Å². The largest absolute Gasteiger partial charge is 0.454 e. The van der Waals surface area contributed by atoms with Gasteiger partial charge in [0.2, 0.25) is 12.7 Å². The fourth-order valence-electron chi connectivity index (χ4n) is 2.79. The van der Waals surface area contributed by atoms with E-state index in [-0.39, 0.29) is 12.7 Å². The molecule has 2 aliphatic rings. The highest BCUT2D eigenvalue weighted by atomic mass is 32.1. The van der Waals surface area contributed by atoms with Crippen molar-refractivity contribution in [2.24, 2.45) is 0 Å². The van der Waals surface area contributed by atoms with E-state index in [0.717, 1.165) is 53.7 Å². The highest BCUT2D eigenvalue weighted by Gasteiger charge is 2.20. The van der Waals surface area contributed by atoms with E-state index in [1.165, 1.54) is 0 Å². The first kappa shape index (κ1) is 13.6. The van der Waals surface area contributed by atoms with Crippen molar-refractivity contribution >= 4 is 17.2 Å². The predicted octanol–water partition coefficient (Wildman–Crippen LogP) is 2.70. The Morgan fingerprint density at radius 3 is 3.05 bits per heavy atom. The van der Waals surface area contributed by atoms with Crippen LogP contribution in [0.25, 0.3) is 11.3 Å². The number of hydrogen-bond donors (Lipinski definition) is 0. The van der Waals surface area contributed by atoms with Crippen LogP contribution in [-0.4, -0.2) is 35.7 Å². The van der Waals surface area contributed by atoms with Crippen molar-refractivity contribution in [3.05, 3.63) is 28.6 Å². The van der Waals surface area contributed by atoms with Gasteiger partial charge in [-0.25, -0.2) is 4.98 Å². The topological polar surface area (TPSA) is 51.7 Å². The second kappa shape index (κ2) is 5.61. The first-order valence-corrected chi connectivity index (χ1v) is 8.30. The summed E-state index contributed by atoms with van der Waals surface area (Å²) in [6.07, 6.45) is 2.50. The second-order valence-electron chi connectivity index (χ2n) is 5.43. The summed E-state index contributed by atoms with van der Waals surface area (Å²) in [5.41, 5.74) is 1.98. The number of likely N-dealkylation sites (tertiary alicyclic amines) is 1. The third kappa shape index (κ3) is 2.54. The van der Waals surface area contributed by atoms with Crippen LogP contribution in [0.15, 0.2) is 23.6 Å². The molecule has 2 aliphatic heterocycles. The third-order valence-corrected chi connectivity index (χ3v) is 4.90. The molecule has 1 saturated heterocycles. The maximum absolute atomic E-state index is 11.6. The average molecular weight is 316 g/mol. The minimum absolute atomic E-state index is 0.271. The molecule has 1 amide bonds. The van der Waals surface area contributed by atoms with E-state index in [1.807, 2.05) is 23.1 Å². The van der Waals surface area contributed by atoms with Gasteiger partial charge >= 0.3 is 0 Å². The lowest BCUT2D eigenvalue weighted by molar-refractivity contribution is -0.127. The number of rotatable bonds is 4. The van der Waals surface area contributed by atoms with Crippen molar-refractivity contribution in [3.63, 3.8) is 0 Å². The molecule has 1 aromatic carbocycles. The number of carbonyl (C=O) groups is 1. The van der Waals surface area contributed by atoms with Crippen LogP contribution >= 0.6 is 11.3 Å². The summed E-state index contributed by atoms with van der Waals surface area (Å²) in [6, 6.07) is 5.88. The number of nitrogens with zero attached hydrogens (tertiary/aromatic N) is 2. The predicted molar refractivity (Wildman–Crippen MR) is 83.2 cm³/mol. The smallest absolute Gasteiger partial charge is 0.231 e. The number of ether oxygens (including phenoxy) is 2. The molecule has 1 fully saturated rings. The molecule has 0 radical (unpaired) electrons. The molecule has 0 atom stereocenters. The number of hydrogen-bond acceptors (Lipinski definition) is 5. The third-order valence-electron chi connectivity index (χ3n) is 3.99. The van der Waals surface area contributed by atoms with Crippen LogP contribution in [0.3, 0.4) is 0 Å². The van der Waals surface area contributed by atoms with Crippen molar-refractivity contribution in [2.45, 2.75) is 19.3 Å². The number of amides is 1. The summed E-state index contributed by atoms with van der Waals surface area (Å²) in [5, 5.41) is 3.12. The standard InChI is InChI=1S/C16H16N2O3S/c19-16-2-1-6-18(16)7-5-15-17-12(9-22-15)11-3-4-13-14(8-11)21-10-20-13/h3-4,8-9H,1-2,5-7,10H2. The maximum Gasteiger partial charge on any atom is 0.231 e. The molecule has 2 aromatic rings. The van der Waals surface area contributed by atoms with E-state index in [4.69, 9.17) is 9.47 Å². The van der Waals surface area contributed by atoms with Gasteiger partial charge in [-0.2, -0.15) is 0 Å². The lowest BCUT2D eigenvalue weighted by Crippen LogP contribution is -2.26. The molecular weight excluding hydrogens is 300 g/mol. The quantitative estimate of drug-likeness (QED) is 0.870. The van der Waals surface area contributed by atoms with Crippen LogP contribution in [0, 0.1) is 0 Å². The van der Waals surface area contributed by atoms with Gasteiger partial charge < -0.3 is 14.4 Å². The Bertz CT molecular complexity index is 713. The van der Waals surface area contributed by atoms with Gasteiger partial charge in [0.1, 0.15) is 0 Å². The highest BCUT2D eigenvalue weighted by molar-refractivity contribution is 7.09. The van der Waals surface area contributed by atoms with Crippen LogP contribution < -0.4 is 9.47 Å². The van der Waals surface area contributed by atoms with E-state index in [2.05, 4.69) is 10.4 Å². The van der Waals surface area contributed by atoms with Crippen LogP contribution in [0.4, 0.5) is 0 Å². The summed E-state index contributed by atoms with van der Waals surface area (Å²) in [5.74, 6) is 1.83. The van der Waals surface area contributed by atoms with Gasteiger partial charge in [0.25, 0.3) is 0 Å². The Balaban J connectivity index is 1.46. The molecule has 114 valence electrons. The Hall–Kier alpha value is -2.08. The molecule has 6 heteroatoms. The Morgan fingerprint density at radius 2 is 2.18 bits per heavy atom. The summed E-state index contributed by atoms with van der Waals surface area (Å²) in [6.45, 7) is 1.94. The van der Waals surface area contributed by atoms with Crippen molar-refractivity contribution in [2.75, 3.05) is 19.9 Å². The van der Waals surface area contributed by atoms with E-state index < -0.39 is 0 Å². The molecule has 0 aliphatic carbocycles. The fourth-order valence-corrected chi connectivity index (χ4v) is 3.58. The second-order valence-corrected chi connectivity index (χ2v) is 6.37. The number of thiazole rings is 1. The minimum atomic E-state index is 0.271. The van der Waals surface area contributed by atoms with Gasteiger partial charge in [0, 0.05) is 36.9 Å². The van der Waals surface area contributed by atoms with Gasteiger partial charge in [-0.15, -0.1) is 11.3 Å². The molecule has 0 bridgehead atoms. The summed E-state index contributed by atoms with van der Waals surface area (Å²) in [4.78, 5) is 18.2. The highest BCUT2D eigenvalue weighted by Crippen LogP contribution is 2.36. The van der Waals surface area contributed by atoms with Crippen molar-refractivity contribution < 1.29 is 14.3 Å². The fraction of sp³-hybridized carbons (Fsp3) is 0.375. The Kier molecular flexibility index (Phi) is 3.46. The molecule has 0 saturated carbocycles. The number of aromatic nitrogens is 1. The summed E-state index contributed by atoms with van der Waals surface area (Å²) >= 11 is 1.64. The normalized spacial score (nSPS) is 16.5. The van der Waals surface area contributed by atoms with Crippen molar-refractivity contribution in [1.82, 2.24) is 9.88 Å². The molecule has 0 spiro atoms. The van der Waals surface area contributed by atoms with Gasteiger partial charge in [0.05, 0.1) is 10.7 Å². The lowest BCUT2D eigenvalue weighted by Gasteiger charge is -2.13. The Morgan fingerprint density at radius 1 is 1.27 bits per heavy atom. The van der Waals surface area contributed by atoms with E-state index in [9.17, 15) is 4.79 Å². The van der Waals surface area contributed by atoms with E-state index in [1.54, 1.807) is 11.3 Å². The minimum Gasteiger partial charge on any atom is -0.454 e. The molecule has 22 heavy (non-hydrogen) atoms. The first-order chi connectivity index (χ1) is 10.8. The maximum atomic E-state index is 11.6. The number of benzene rings is 1. The molecule has 4 rings (SSSR count). The van der Waals surface area contributed by atoms with Crippen LogP contribution in [0.2, 0.25) is 0 Å². The summed E-state index contributed by atoms with van der Waals surface area (Å²) < 4.78 is 10.7. The first-order valence-electron chi connectivity index (χ1n) is 7.42. The zero-order valence-electron chi connectivity index (χ0n) is 12.1. The van der Waals surface area contributed by atoms with Gasteiger partial charge in [-0.05, 0) is 24.6 Å². The number of carbonyl (C=O) groups excluding carboxylic acids is 1. The number of fused-ring (bicyclic) bond motifs is 1. The van der Waals surface area contributed by atoms with Gasteiger partial charge in [0.15, 0.2) is 11.5 Å². The monoisotopic (exact) mass is 316 g/mol. The SMILES string of the molecule is O=C1CCCN1CCc1nc(-c2ccc3c(c2)OCO3)cs1. The van der Waals surface area contributed by atoms with Crippen LogP contribution in [-0.2, 0) is 11.2 Å². The van der Waals surface area contributed by atoms with Gasteiger partial charge in [-0.1, -0.05) is 0 Å². The molecule has 1 aromatic heterocycles. The van der Waals surface area contributed by atoms with Crippen molar-refractivity contribution in [3.8, 4) is 22.8 Å². The molecular formula is C16H16N2O3S. The van der Waals surface area contributed by atoms with Crippen molar-refractivity contribution in [1.29, 1.82) is 0 Å². The zero-order valence-corrected chi connectivity index (χ0v) is 12.9. The molecule has 0 N–H and O–H groups in total.